The number of benzene rings is 3. The van der Waals surface area contributed by atoms with Gasteiger partial charge in [0.15, 0.2) is 0 Å². The molecular formula is C28H23ClN6O2S. The molecule has 1 unspecified atom stereocenters. The fourth-order valence-corrected chi connectivity index (χ4v) is 5.35. The number of piperazine rings is 1. The molecule has 190 valence electrons. The van der Waals surface area contributed by atoms with Crippen LogP contribution in [0.1, 0.15) is 15.9 Å². The maximum absolute atomic E-state index is 13.1. The van der Waals surface area contributed by atoms with Gasteiger partial charge >= 0.3 is 0 Å². The second kappa shape index (κ2) is 11.5. The molecule has 1 saturated heterocycles. The Hall–Kier alpha value is -4.10. The maximum Gasteiger partial charge on any atom is 0.253 e. The van der Waals surface area contributed by atoms with Crippen molar-refractivity contribution in [2.45, 2.75) is 4.90 Å². The largest absolute Gasteiger partial charge is 0.336 e. The van der Waals surface area contributed by atoms with E-state index in [0.29, 0.717) is 53.2 Å². The van der Waals surface area contributed by atoms with E-state index in [1.54, 1.807) is 47.5 Å². The highest BCUT2D eigenvalue weighted by Crippen LogP contribution is 2.22. The quantitative estimate of drug-likeness (QED) is 0.372. The van der Waals surface area contributed by atoms with Gasteiger partial charge in [0, 0.05) is 54.2 Å². The molecule has 5 rings (SSSR count). The number of rotatable bonds is 6. The molecule has 10 heteroatoms. The molecule has 1 fully saturated rings. The highest BCUT2D eigenvalue weighted by Gasteiger charge is 2.25. The summed E-state index contributed by atoms with van der Waals surface area (Å²) in [5, 5.41) is 12.8. The van der Waals surface area contributed by atoms with Crippen LogP contribution in [0.25, 0.3) is 11.3 Å². The summed E-state index contributed by atoms with van der Waals surface area (Å²) in [6, 6.07) is 25.3. The standard InChI is InChI=1S/C28H23ClN6O2S/c29-23-7-3-21(4-8-23)26-13-14-31-28(33-26)32-24-9-5-22(6-10-24)27(36)34-15-17-35(18-16-34)38(37)25-11-1-20(19-30)2-12-25/h1-14H,15-18H2,(H,31,32,33). The van der Waals surface area contributed by atoms with Crippen LogP contribution in [0, 0.1) is 11.3 Å². The van der Waals surface area contributed by atoms with Crippen LogP contribution in [0.15, 0.2) is 90.0 Å². The summed E-state index contributed by atoms with van der Waals surface area (Å²) in [5.74, 6) is 0.379. The summed E-state index contributed by atoms with van der Waals surface area (Å²) in [7, 11) is -1.33. The number of halogens is 1. The number of aromatic nitrogens is 2. The third-order valence-corrected chi connectivity index (χ3v) is 7.89. The lowest BCUT2D eigenvalue weighted by atomic mass is 10.1. The van der Waals surface area contributed by atoms with Crippen LogP contribution < -0.4 is 5.32 Å². The average Bonchev–Trinajstić information content (AvgIpc) is 2.97. The Kier molecular flexibility index (Phi) is 7.75. The maximum atomic E-state index is 13.1. The number of hydrogen-bond acceptors (Lipinski definition) is 6. The normalized spacial score (nSPS) is 14.5. The zero-order valence-electron chi connectivity index (χ0n) is 20.3. The highest BCUT2D eigenvalue weighted by molar-refractivity contribution is 7.82. The molecule has 1 N–H and O–H groups in total. The van der Waals surface area contributed by atoms with Gasteiger partial charge in [0.2, 0.25) is 5.95 Å². The van der Waals surface area contributed by atoms with E-state index in [2.05, 4.69) is 21.4 Å². The van der Waals surface area contributed by atoms with Crippen molar-refractivity contribution in [2.75, 3.05) is 31.5 Å². The van der Waals surface area contributed by atoms with Crippen LogP contribution >= 0.6 is 11.6 Å². The molecule has 1 aliphatic heterocycles. The number of nitriles is 1. The van der Waals surface area contributed by atoms with Crippen LogP contribution in [0.4, 0.5) is 11.6 Å². The molecule has 0 saturated carbocycles. The summed E-state index contributed by atoms with van der Waals surface area (Å²) in [6.45, 7) is 1.96. The van der Waals surface area contributed by atoms with E-state index in [-0.39, 0.29) is 5.91 Å². The Labute approximate surface area is 228 Å². The summed E-state index contributed by atoms with van der Waals surface area (Å²) in [5.41, 5.74) is 3.57. The Balaban J connectivity index is 1.18. The molecule has 0 spiro atoms. The molecule has 1 aliphatic rings. The Morgan fingerprint density at radius 1 is 0.921 bits per heavy atom. The highest BCUT2D eigenvalue weighted by atomic mass is 35.5. The van der Waals surface area contributed by atoms with Crippen LogP contribution in [0.2, 0.25) is 5.02 Å². The number of nitrogens with one attached hydrogen (secondary N) is 1. The number of amides is 1. The van der Waals surface area contributed by atoms with Crippen LogP contribution in [0.5, 0.6) is 0 Å². The van der Waals surface area contributed by atoms with E-state index in [0.717, 1.165) is 16.9 Å². The van der Waals surface area contributed by atoms with E-state index in [1.807, 2.05) is 46.8 Å². The van der Waals surface area contributed by atoms with Crippen LogP contribution in [0.3, 0.4) is 0 Å². The molecule has 1 amide bonds. The number of carbonyl (C=O) groups is 1. The zero-order valence-corrected chi connectivity index (χ0v) is 21.8. The van der Waals surface area contributed by atoms with Crippen molar-refractivity contribution in [2.24, 2.45) is 0 Å². The number of anilines is 2. The molecule has 0 aliphatic carbocycles. The first-order chi connectivity index (χ1) is 18.5. The van der Waals surface area contributed by atoms with Crippen molar-refractivity contribution in [3.8, 4) is 17.3 Å². The van der Waals surface area contributed by atoms with Gasteiger partial charge in [0.05, 0.1) is 22.2 Å². The van der Waals surface area contributed by atoms with Crippen molar-refractivity contribution in [3.05, 3.63) is 101 Å². The van der Waals surface area contributed by atoms with Gasteiger partial charge in [-0.2, -0.15) is 5.26 Å². The van der Waals surface area contributed by atoms with Gasteiger partial charge in [-0.3, -0.25) is 4.79 Å². The van der Waals surface area contributed by atoms with E-state index in [1.165, 1.54) is 0 Å². The van der Waals surface area contributed by atoms with Gasteiger partial charge in [-0.1, -0.05) is 23.7 Å². The lowest BCUT2D eigenvalue weighted by Crippen LogP contribution is -2.49. The van der Waals surface area contributed by atoms with E-state index in [9.17, 15) is 9.00 Å². The van der Waals surface area contributed by atoms with E-state index >= 15 is 0 Å². The predicted octanol–water partition coefficient (Wildman–Crippen LogP) is 4.89. The Bertz CT molecular complexity index is 1500. The third-order valence-electron chi connectivity index (χ3n) is 6.13. The van der Waals surface area contributed by atoms with Crippen molar-refractivity contribution in [3.63, 3.8) is 0 Å². The molecular weight excluding hydrogens is 520 g/mol. The fraction of sp³-hybridized carbons (Fsp3) is 0.143. The second-order valence-electron chi connectivity index (χ2n) is 8.58. The minimum absolute atomic E-state index is 0.0682. The first kappa shape index (κ1) is 25.5. The van der Waals surface area contributed by atoms with Gasteiger partial charge in [0.1, 0.15) is 11.0 Å². The van der Waals surface area contributed by atoms with Crippen LogP contribution in [-0.2, 0) is 11.0 Å². The zero-order chi connectivity index (χ0) is 26.5. The van der Waals surface area contributed by atoms with Gasteiger partial charge in [-0.25, -0.2) is 18.5 Å². The molecule has 1 atom stereocenters. The van der Waals surface area contributed by atoms with Gasteiger partial charge in [-0.05, 0) is 66.7 Å². The molecule has 3 aromatic carbocycles. The lowest BCUT2D eigenvalue weighted by molar-refractivity contribution is 0.0701. The molecule has 2 heterocycles. The fourth-order valence-electron chi connectivity index (χ4n) is 4.06. The number of carbonyl (C=O) groups excluding carboxylic acids is 1. The minimum atomic E-state index is -1.33. The Morgan fingerprint density at radius 2 is 1.61 bits per heavy atom. The van der Waals surface area contributed by atoms with Crippen molar-refractivity contribution in [1.29, 1.82) is 5.26 Å². The SMILES string of the molecule is N#Cc1ccc(S(=O)N2CCN(C(=O)c3ccc(Nc4nccc(-c5ccc(Cl)cc5)n4)cc3)CC2)cc1. The van der Waals surface area contributed by atoms with Crippen molar-refractivity contribution in [1.82, 2.24) is 19.2 Å². The second-order valence-corrected chi connectivity index (χ2v) is 10.5. The molecule has 4 aromatic rings. The average molecular weight is 543 g/mol. The summed E-state index contributed by atoms with van der Waals surface area (Å²) in [4.78, 5) is 24.3. The lowest BCUT2D eigenvalue weighted by Gasteiger charge is -2.33. The Morgan fingerprint density at radius 3 is 2.26 bits per heavy atom. The monoisotopic (exact) mass is 542 g/mol. The number of hydrogen-bond donors (Lipinski definition) is 1. The summed E-state index contributed by atoms with van der Waals surface area (Å²) >= 11 is 5.98. The first-order valence-electron chi connectivity index (χ1n) is 11.9. The molecule has 0 radical (unpaired) electrons. The number of nitrogens with zero attached hydrogens (tertiary/aromatic N) is 5. The van der Waals surface area contributed by atoms with Crippen molar-refractivity contribution >= 4 is 40.1 Å². The first-order valence-corrected chi connectivity index (χ1v) is 13.4. The van der Waals surface area contributed by atoms with Gasteiger partial charge in [-0.15, -0.1) is 0 Å². The molecule has 1 aromatic heterocycles. The molecule has 0 bridgehead atoms. The predicted molar refractivity (Wildman–Crippen MR) is 147 cm³/mol. The molecule has 8 nitrogen and oxygen atoms in total. The van der Waals surface area contributed by atoms with Crippen LogP contribution in [-0.4, -0.2) is 55.5 Å². The topological polar surface area (TPSA) is 102 Å². The minimum Gasteiger partial charge on any atom is -0.336 e. The van der Waals surface area contributed by atoms with Gasteiger partial charge in [0.25, 0.3) is 5.91 Å². The summed E-state index contributed by atoms with van der Waals surface area (Å²) < 4.78 is 14.7. The smallest absolute Gasteiger partial charge is 0.253 e. The van der Waals surface area contributed by atoms with E-state index < -0.39 is 11.0 Å². The summed E-state index contributed by atoms with van der Waals surface area (Å²) in [6.07, 6.45) is 1.69. The molecule has 38 heavy (non-hydrogen) atoms. The van der Waals surface area contributed by atoms with E-state index in [4.69, 9.17) is 16.9 Å². The van der Waals surface area contributed by atoms with Crippen molar-refractivity contribution < 1.29 is 9.00 Å². The van der Waals surface area contributed by atoms with Gasteiger partial charge < -0.3 is 10.2 Å². The third kappa shape index (κ3) is 5.89.